The Morgan fingerprint density at radius 1 is 1.05 bits per heavy atom. The number of aromatic hydroxyl groups is 1. The Hall–Kier alpha value is -3.67. The van der Waals surface area contributed by atoms with E-state index >= 15 is 0 Å². The van der Waals surface area contributed by atoms with Crippen LogP contribution in [-0.2, 0) is 33.7 Å². The molecule has 9 rings (SSSR count). The summed E-state index contributed by atoms with van der Waals surface area (Å²) in [6, 6.07) is 2.07. The lowest BCUT2D eigenvalue weighted by molar-refractivity contribution is -0.148. The number of esters is 1. The highest BCUT2D eigenvalue weighted by Crippen LogP contribution is 2.64. The molecule has 66 heavy (non-hydrogen) atoms. The van der Waals surface area contributed by atoms with Crippen molar-refractivity contribution in [3.05, 3.63) is 46.3 Å². The van der Waals surface area contributed by atoms with Gasteiger partial charge in [0.05, 0.1) is 18.5 Å². The first-order chi connectivity index (χ1) is 31.9. The van der Waals surface area contributed by atoms with Crippen molar-refractivity contribution in [3.8, 4) is 23.3 Å². The van der Waals surface area contributed by atoms with E-state index in [2.05, 4.69) is 34.6 Å². The lowest BCUT2D eigenvalue weighted by Gasteiger charge is -2.44. The molecule has 1 saturated heterocycles. The SMILES string of the molecule is CC(=O)OC1CCc2cc(c(O)c3c2CCC2CCCC2O3)CN2CC(CC3=CCNC(N)=C3)(CC2=O)C2C#CCC3CCC4(CCCC4(NC(N)=NC2)SSCCCCCCC(O)C1)C3. The van der Waals surface area contributed by atoms with Gasteiger partial charge in [-0.05, 0) is 138 Å². The second-order valence-corrected chi connectivity index (χ2v) is 23.9. The number of aliphatic hydroxyl groups is 1. The molecule has 3 aliphatic carbocycles. The van der Waals surface area contributed by atoms with Gasteiger partial charge in [-0.25, -0.2) is 0 Å². The number of guanidine groups is 1. The number of nitrogens with two attached hydrogens (primary N) is 2. The number of carbonyl (C=O) groups excluding carboxylic acids is 2. The van der Waals surface area contributed by atoms with Crippen molar-refractivity contribution >= 4 is 39.4 Å². The first kappa shape index (κ1) is 47.4. The first-order valence-electron chi connectivity index (χ1n) is 25.4. The molecule has 0 aromatic heterocycles. The Kier molecular flexibility index (Phi) is 14.7. The molecule has 360 valence electrons. The molecular formula is C52H74N6O6S2. The predicted molar refractivity (Wildman–Crippen MR) is 263 cm³/mol. The summed E-state index contributed by atoms with van der Waals surface area (Å²) in [6.07, 6.45) is 23.0. The number of benzene rings is 1. The average molecular weight is 943 g/mol. The summed E-state index contributed by atoms with van der Waals surface area (Å²) in [6.45, 7) is 3.06. The van der Waals surface area contributed by atoms with Crippen molar-refractivity contribution in [2.75, 3.05) is 25.4 Å². The minimum atomic E-state index is -0.603. The van der Waals surface area contributed by atoms with E-state index in [0.29, 0.717) is 86.7 Å². The molecule has 5 heterocycles. The van der Waals surface area contributed by atoms with Crippen LogP contribution in [0.1, 0.15) is 152 Å². The smallest absolute Gasteiger partial charge is 0.302 e. The summed E-state index contributed by atoms with van der Waals surface area (Å²) in [5.74, 6) is 10.6. The summed E-state index contributed by atoms with van der Waals surface area (Å²) in [4.78, 5) is 34.0. The predicted octanol–water partition coefficient (Wildman–Crippen LogP) is 7.88. The Labute approximate surface area is 400 Å². The number of phenols is 1. The third-order valence-electron chi connectivity index (χ3n) is 16.7. The number of hydrogen-bond acceptors (Lipinski definition) is 13. The molecule has 8 bridgehead atoms. The number of allylic oxidation sites excluding steroid dienone is 2. The standard InChI is InChI=1S/C52H74N6O6S2/c1-34(59)63-42-16-14-38-26-39(47(62)48-43(38)17-15-37-10-7-13-44(37)64-48)32-58-33-50(30-46(58)61,28-36-19-23-55-45(53)25-36)40-11-6-9-35-18-22-51(29-35)20-8-21-52(51,57-49(54)56-31-40)66-65-24-5-3-2-4-12-41(60)27-42/h19,25-26,35,37,40-42,44,55,60,62H,2-5,7-10,12-18,20-24,27-33,53H2,1H3,(H3,54,56,57). The summed E-state index contributed by atoms with van der Waals surface area (Å²) in [5.41, 5.74) is 16.7. The van der Waals surface area contributed by atoms with E-state index in [4.69, 9.17) is 25.9 Å². The van der Waals surface area contributed by atoms with Crippen LogP contribution in [0, 0.1) is 40.4 Å². The molecule has 1 aromatic rings. The fourth-order valence-electron chi connectivity index (χ4n) is 13.3. The van der Waals surface area contributed by atoms with Crippen LogP contribution >= 0.6 is 21.6 Å². The number of amides is 1. The van der Waals surface area contributed by atoms with Gasteiger partial charge in [0, 0.05) is 79.4 Å². The molecule has 8 aliphatic rings. The van der Waals surface area contributed by atoms with Crippen LogP contribution < -0.4 is 26.8 Å². The Bertz CT molecular complexity index is 2140. The third-order valence-corrected chi connectivity index (χ3v) is 20.0. The molecule has 5 aliphatic heterocycles. The molecule has 4 fully saturated rings. The zero-order valence-electron chi connectivity index (χ0n) is 39.2. The third kappa shape index (κ3) is 10.3. The number of fused-ring (bicyclic) bond motifs is 12. The maximum Gasteiger partial charge on any atom is 0.302 e. The topological polar surface area (TPSA) is 185 Å². The molecule has 3 saturated carbocycles. The van der Waals surface area contributed by atoms with Crippen LogP contribution in [0.15, 0.2) is 34.6 Å². The van der Waals surface area contributed by atoms with Crippen LogP contribution in [0.25, 0.3) is 0 Å². The van der Waals surface area contributed by atoms with Gasteiger partial charge >= 0.3 is 5.97 Å². The number of aryl methyl sites for hydroxylation is 1. The van der Waals surface area contributed by atoms with Crippen molar-refractivity contribution in [1.29, 1.82) is 0 Å². The van der Waals surface area contributed by atoms with Crippen molar-refractivity contribution in [3.63, 3.8) is 0 Å². The number of nitrogens with zero attached hydrogens (tertiary/aromatic N) is 2. The number of carbonyl (C=O) groups is 2. The van der Waals surface area contributed by atoms with Gasteiger partial charge in [-0.1, -0.05) is 52.8 Å². The highest BCUT2D eigenvalue weighted by molar-refractivity contribution is 8.77. The monoisotopic (exact) mass is 943 g/mol. The van der Waals surface area contributed by atoms with Gasteiger partial charge in [-0.2, -0.15) is 0 Å². The van der Waals surface area contributed by atoms with Gasteiger partial charge in [-0.3, -0.25) is 14.6 Å². The fourth-order valence-corrected chi connectivity index (χ4v) is 16.9. The normalized spacial score (nSPS) is 35.5. The molecule has 9 atom stereocenters. The van der Waals surface area contributed by atoms with Gasteiger partial charge in [0.15, 0.2) is 17.5 Å². The van der Waals surface area contributed by atoms with E-state index in [9.17, 15) is 19.8 Å². The Morgan fingerprint density at radius 3 is 2.79 bits per heavy atom. The fraction of sp³-hybridized carbons (Fsp3) is 0.712. The summed E-state index contributed by atoms with van der Waals surface area (Å²) in [7, 11) is 3.95. The molecule has 12 nitrogen and oxygen atoms in total. The van der Waals surface area contributed by atoms with E-state index in [1.54, 1.807) is 0 Å². The van der Waals surface area contributed by atoms with E-state index in [1.165, 1.54) is 13.3 Å². The Morgan fingerprint density at radius 2 is 1.92 bits per heavy atom. The lowest BCUT2D eigenvalue weighted by atomic mass is 9.70. The number of aliphatic imine (C=N–C) groups is 1. The molecule has 0 radical (unpaired) electrons. The van der Waals surface area contributed by atoms with Crippen LogP contribution in [0.4, 0.5) is 0 Å². The Balaban J connectivity index is 1.09. The van der Waals surface area contributed by atoms with Crippen molar-refractivity contribution in [2.24, 2.45) is 45.0 Å². The lowest BCUT2D eigenvalue weighted by Crippen LogP contribution is -2.56. The maximum atomic E-state index is 14.7. The van der Waals surface area contributed by atoms with Crippen molar-refractivity contribution < 1.29 is 29.3 Å². The zero-order valence-corrected chi connectivity index (χ0v) is 40.8. The van der Waals surface area contributed by atoms with Gasteiger partial charge in [0.2, 0.25) is 5.91 Å². The number of rotatable bonds is 3. The van der Waals surface area contributed by atoms with Gasteiger partial charge in [0.25, 0.3) is 0 Å². The van der Waals surface area contributed by atoms with E-state index < -0.39 is 17.6 Å². The summed E-state index contributed by atoms with van der Waals surface area (Å²) < 4.78 is 12.7. The van der Waals surface area contributed by atoms with Crippen LogP contribution in [0.2, 0.25) is 0 Å². The second-order valence-electron chi connectivity index (χ2n) is 21.2. The average Bonchev–Trinajstić information content (AvgIpc) is 4.03. The largest absolute Gasteiger partial charge is 0.504 e. The maximum absolute atomic E-state index is 14.7. The van der Waals surface area contributed by atoms with E-state index in [1.807, 2.05) is 32.6 Å². The van der Waals surface area contributed by atoms with E-state index in [0.717, 1.165) is 119 Å². The molecule has 1 amide bonds. The second kappa shape index (κ2) is 20.5. The number of ether oxygens (including phenoxy) is 2. The number of dihydropyridines is 1. The number of hydrogen-bond donors (Lipinski definition) is 6. The molecule has 14 heteroatoms. The van der Waals surface area contributed by atoms with Gasteiger partial charge in [-0.15, -0.1) is 5.92 Å². The molecule has 2 spiro atoms. The molecule has 8 N–H and O–H groups in total. The molecule has 9 unspecified atom stereocenters. The summed E-state index contributed by atoms with van der Waals surface area (Å²) >= 11 is 0. The molecule has 1 aromatic carbocycles. The minimum absolute atomic E-state index is 0.0114. The highest BCUT2D eigenvalue weighted by atomic mass is 33.1. The zero-order chi connectivity index (χ0) is 45.9. The van der Waals surface area contributed by atoms with Gasteiger partial charge < -0.3 is 46.7 Å². The number of aliphatic hydroxyl groups excluding tert-OH is 1. The highest BCUT2D eigenvalue weighted by Gasteiger charge is 2.59. The summed E-state index contributed by atoms with van der Waals surface area (Å²) in [5, 5.41) is 30.7. The van der Waals surface area contributed by atoms with E-state index in [-0.39, 0.29) is 52.9 Å². The van der Waals surface area contributed by atoms with Crippen molar-refractivity contribution in [1.82, 2.24) is 15.5 Å². The quantitative estimate of drug-likeness (QED) is 0.0981. The van der Waals surface area contributed by atoms with Crippen LogP contribution in [0.5, 0.6) is 11.5 Å². The number of nitrogens with one attached hydrogen (secondary N) is 2. The number of phenolic OH excluding ortho intramolecular Hbond substituents is 1. The minimum Gasteiger partial charge on any atom is -0.504 e. The molecular weight excluding hydrogens is 869 g/mol. The van der Waals surface area contributed by atoms with Crippen LogP contribution in [-0.4, -0.2) is 81.5 Å². The van der Waals surface area contributed by atoms with Crippen molar-refractivity contribution in [2.45, 2.75) is 178 Å². The van der Waals surface area contributed by atoms with Gasteiger partial charge in [0.1, 0.15) is 17.1 Å². The first-order valence-corrected chi connectivity index (χ1v) is 27.7. The van der Waals surface area contributed by atoms with Crippen LogP contribution in [0.3, 0.4) is 0 Å².